The van der Waals surface area contributed by atoms with Crippen molar-refractivity contribution in [3.05, 3.63) is 34.9 Å². The number of Topliss-reactive ketones (excluding diaryl/α,β-unsaturated/α-hetero) is 1. The van der Waals surface area contributed by atoms with Crippen LogP contribution in [0.25, 0.3) is 0 Å². The Hall–Kier alpha value is -1.92. The quantitative estimate of drug-likeness (QED) is 0.675. The lowest BCUT2D eigenvalue weighted by molar-refractivity contribution is -0.156. The average Bonchev–Trinajstić information content (AvgIpc) is 3.12. The summed E-state index contributed by atoms with van der Waals surface area (Å²) in [4.78, 5) is 39.3. The van der Waals surface area contributed by atoms with Crippen LogP contribution < -0.4 is 5.32 Å². The maximum atomic E-state index is 13.4. The number of hydrogen-bond donors (Lipinski definition) is 2. The van der Waals surface area contributed by atoms with Crippen LogP contribution in [0, 0.1) is 17.3 Å². The second-order valence-corrected chi connectivity index (χ2v) is 10.8. The van der Waals surface area contributed by atoms with Crippen LogP contribution in [0.1, 0.15) is 65.4 Å². The summed E-state index contributed by atoms with van der Waals surface area (Å²) in [5.74, 6) is -0.0821. The van der Waals surface area contributed by atoms with E-state index in [2.05, 4.69) is 5.32 Å². The van der Waals surface area contributed by atoms with Crippen LogP contribution in [0.2, 0.25) is 5.02 Å². The minimum Gasteiger partial charge on any atom is -0.384 e. The summed E-state index contributed by atoms with van der Waals surface area (Å²) in [5, 5.41) is 15.1. The van der Waals surface area contributed by atoms with Crippen molar-refractivity contribution in [2.24, 2.45) is 17.3 Å². The first kappa shape index (κ1) is 24.7. The Morgan fingerprint density at radius 3 is 2.44 bits per heavy atom. The average molecular weight is 463 g/mol. The Bertz CT molecular complexity index is 867. The molecule has 1 heterocycles. The highest BCUT2D eigenvalue weighted by atomic mass is 35.5. The van der Waals surface area contributed by atoms with Gasteiger partial charge in [0.15, 0.2) is 0 Å². The van der Waals surface area contributed by atoms with Gasteiger partial charge in [-0.1, -0.05) is 51.4 Å². The molecule has 1 saturated carbocycles. The number of piperidine rings is 1. The zero-order valence-electron chi connectivity index (χ0n) is 19.5. The number of halogens is 1. The van der Waals surface area contributed by atoms with Crippen LogP contribution in [-0.2, 0) is 20.0 Å². The van der Waals surface area contributed by atoms with E-state index in [1.807, 2.05) is 39.8 Å². The van der Waals surface area contributed by atoms with Crippen molar-refractivity contribution in [3.63, 3.8) is 0 Å². The van der Waals surface area contributed by atoms with Crippen LogP contribution in [0.3, 0.4) is 0 Å². The van der Waals surface area contributed by atoms with Crippen molar-refractivity contribution in [1.29, 1.82) is 0 Å². The monoisotopic (exact) mass is 462 g/mol. The molecule has 7 heteroatoms. The van der Waals surface area contributed by atoms with Gasteiger partial charge in [0.2, 0.25) is 11.8 Å². The summed E-state index contributed by atoms with van der Waals surface area (Å²) in [6.45, 7) is 8.53. The van der Waals surface area contributed by atoms with Gasteiger partial charge in [0.25, 0.3) is 0 Å². The molecule has 0 radical (unpaired) electrons. The molecule has 1 aliphatic heterocycles. The molecule has 3 rings (SSSR count). The molecular formula is C25H35ClN2O4. The maximum Gasteiger partial charge on any atom is 0.245 e. The Morgan fingerprint density at radius 1 is 1.25 bits per heavy atom. The first-order valence-electron chi connectivity index (χ1n) is 11.5. The number of aliphatic hydroxyl groups is 1. The number of hydrogen-bond acceptors (Lipinski definition) is 4. The van der Waals surface area contributed by atoms with Gasteiger partial charge in [0, 0.05) is 42.8 Å². The van der Waals surface area contributed by atoms with Gasteiger partial charge in [-0.25, -0.2) is 0 Å². The summed E-state index contributed by atoms with van der Waals surface area (Å²) in [7, 11) is 0. The van der Waals surface area contributed by atoms with Gasteiger partial charge in [0.1, 0.15) is 11.8 Å². The van der Waals surface area contributed by atoms with E-state index in [4.69, 9.17) is 11.6 Å². The second kappa shape index (κ2) is 9.52. The molecule has 1 saturated heterocycles. The minimum absolute atomic E-state index is 0.0724. The fraction of sp³-hybridized carbons (Fsp3) is 0.640. The van der Waals surface area contributed by atoms with Gasteiger partial charge < -0.3 is 15.3 Å². The molecule has 2 aliphatic rings. The number of benzene rings is 1. The fourth-order valence-corrected chi connectivity index (χ4v) is 5.17. The summed E-state index contributed by atoms with van der Waals surface area (Å²) in [6.07, 6.45) is 2.43. The van der Waals surface area contributed by atoms with Crippen molar-refractivity contribution in [2.75, 3.05) is 13.1 Å². The molecule has 2 fully saturated rings. The minimum atomic E-state index is -1.08. The van der Waals surface area contributed by atoms with Crippen molar-refractivity contribution >= 4 is 29.2 Å². The summed E-state index contributed by atoms with van der Waals surface area (Å²) in [5.41, 5.74) is -0.886. The number of ketones is 1. The molecule has 2 amide bonds. The molecular weight excluding hydrogens is 428 g/mol. The number of nitrogens with zero attached hydrogens (tertiary/aromatic N) is 1. The highest BCUT2D eigenvalue weighted by Gasteiger charge is 2.50. The number of amides is 2. The predicted octanol–water partition coefficient (Wildman–Crippen LogP) is 3.69. The molecule has 6 nitrogen and oxygen atoms in total. The Kier molecular flexibility index (Phi) is 7.35. The number of likely N-dealkylation sites (tertiary alicyclic amines) is 1. The van der Waals surface area contributed by atoms with Gasteiger partial charge in [-0.05, 0) is 42.4 Å². The SMILES string of the molecule is CC(C)[C@@H](NC(=O)C[C@@H]1CCC(=O)C1)C(=O)N1CC[C@](O)(c2ccc(Cl)cc2)C(C)(C)C1. The van der Waals surface area contributed by atoms with Crippen LogP contribution in [0.4, 0.5) is 0 Å². The molecule has 176 valence electrons. The third-order valence-electron chi connectivity index (χ3n) is 7.15. The molecule has 0 spiro atoms. The molecule has 0 unspecified atom stereocenters. The lowest BCUT2D eigenvalue weighted by Gasteiger charge is -2.51. The van der Waals surface area contributed by atoms with E-state index < -0.39 is 17.1 Å². The molecule has 0 aromatic heterocycles. The molecule has 1 aliphatic carbocycles. The Labute approximate surface area is 195 Å². The smallest absolute Gasteiger partial charge is 0.245 e. The molecule has 3 atom stereocenters. The van der Waals surface area contributed by atoms with Crippen molar-refractivity contribution < 1.29 is 19.5 Å². The van der Waals surface area contributed by atoms with E-state index in [1.165, 1.54) is 0 Å². The normalized spacial score (nSPS) is 26.3. The predicted molar refractivity (Wildman–Crippen MR) is 124 cm³/mol. The van der Waals surface area contributed by atoms with E-state index >= 15 is 0 Å². The van der Waals surface area contributed by atoms with E-state index in [9.17, 15) is 19.5 Å². The third kappa shape index (κ3) is 5.18. The van der Waals surface area contributed by atoms with Crippen LogP contribution >= 0.6 is 11.6 Å². The highest BCUT2D eigenvalue weighted by Crippen LogP contribution is 2.46. The standard InChI is InChI=1S/C25H35ClN2O4/c1-16(2)22(27-21(30)14-17-5-10-20(29)13-17)23(31)28-12-11-25(32,24(3,4)15-28)18-6-8-19(26)9-7-18/h6-9,16-17,22,32H,5,10-15H2,1-4H3,(H,27,30)/t17-,22-,25+/m1/s1. The van der Waals surface area contributed by atoms with E-state index in [-0.39, 0.29) is 35.9 Å². The molecule has 2 N–H and O–H groups in total. The van der Waals surface area contributed by atoms with Gasteiger partial charge in [-0.15, -0.1) is 0 Å². The van der Waals surface area contributed by atoms with Gasteiger partial charge in [0.05, 0.1) is 5.60 Å². The van der Waals surface area contributed by atoms with E-state index in [0.29, 0.717) is 37.4 Å². The molecule has 1 aromatic rings. The molecule has 32 heavy (non-hydrogen) atoms. The summed E-state index contributed by atoms with van der Waals surface area (Å²) < 4.78 is 0. The second-order valence-electron chi connectivity index (χ2n) is 10.4. The van der Waals surface area contributed by atoms with Gasteiger partial charge in [-0.2, -0.15) is 0 Å². The van der Waals surface area contributed by atoms with E-state index in [1.54, 1.807) is 17.0 Å². The van der Waals surface area contributed by atoms with Gasteiger partial charge >= 0.3 is 0 Å². The topological polar surface area (TPSA) is 86.7 Å². The van der Waals surface area contributed by atoms with Crippen molar-refractivity contribution in [3.8, 4) is 0 Å². The fourth-order valence-electron chi connectivity index (χ4n) is 5.04. The zero-order chi connectivity index (χ0) is 23.7. The van der Waals surface area contributed by atoms with Crippen LogP contribution in [0.15, 0.2) is 24.3 Å². The number of carbonyl (C=O) groups excluding carboxylic acids is 3. The van der Waals surface area contributed by atoms with Gasteiger partial charge in [-0.3, -0.25) is 14.4 Å². The first-order valence-corrected chi connectivity index (χ1v) is 11.9. The number of nitrogens with one attached hydrogen (secondary N) is 1. The van der Waals surface area contributed by atoms with Crippen molar-refractivity contribution in [1.82, 2.24) is 10.2 Å². The lowest BCUT2D eigenvalue weighted by Crippen LogP contribution is -2.60. The molecule has 1 aromatic carbocycles. The number of carbonyl (C=O) groups is 3. The summed E-state index contributed by atoms with van der Waals surface area (Å²) >= 11 is 6.01. The Balaban J connectivity index is 1.68. The molecule has 0 bridgehead atoms. The highest BCUT2D eigenvalue weighted by molar-refractivity contribution is 6.30. The summed E-state index contributed by atoms with van der Waals surface area (Å²) in [6, 6.07) is 6.59. The third-order valence-corrected chi connectivity index (χ3v) is 7.41. The Morgan fingerprint density at radius 2 is 1.91 bits per heavy atom. The zero-order valence-corrected chi connectivity index (χ0v) is 20.2. The van der Waals surface area contributed by atoms with Crippen LogP contribution in [0.5, 0.6) is 0 Å². The van der Waals surface area contributed by atoms with Crippen LogP contribution in [-0.4, -0.2) is 46.7 Å². The van der Waals surface area contributed by atoms with Crippen molar-refractivity contribution in [2.45, 2.75) is 71.4 Å². The first-order chi connectivity index (χ1) is 14.9. The lowest BCUT2D eigenvalue weighted by atomic mass is 9.66. The number of rotatable bonds is 6. The maximum absolute atomic E-state index is 13.4. The largest absolute Gasteiger partial charge is 0.384 e. The van der Waals surface area contributed by atoms with E-state index in [0.717, 1.165) is 12.0 Å².